The normalized spacial score (nSPS) is 11.8. The molecule has 0 spiro atoms. The molecule has 0 atom stereocenters. The van der Waals surface area contributed by atoms with E-state index in [2.05, 4.69) is 168 Å². The highest BCUT2D eigenvalue weighted by molar-refractivity contribution is 6.19. The number of aromatic nitrogens is 2. The Hall–Kier alpha value is -5.60. The fraction of sp³-hybridized carbons (Fsp3) is 0.0244. The molecule has 0 saturated heterocycles. The van der Waals surface area contributed by atoms with Crippen LogP contribution in [0.25, 0.3) is 82.3 Å². The van der Waals surface area contributed by atoms with Crippen LogP contribution in [0, 0.1) is 0 Å². The molecular weight excluding hydrogens is 520 g/mol. The number of nitrogens with zero attached hydrogens (tertiary/aromatic N) is 2. The van der Waals surface area contributed by atoms with Crippen molar-refractivity contribution < 1.29 is 0 Å². The highest BCUT2D eigenvalue weighted by Gasteiger charge is 2.17. The van der Waals surface area contributed by atoms with Crippen molar-refractivity contribution in [2.24, 2.45) is 7.05 Å². The Balaban J connectivity index is 1.28. The smallest absolute Gasteiger partial charge is 0.0619 e. The second kappa shape index (κ2) is 9.20. The van der Waals surface area contributed by atoms with Crippen LogP contribution in [0.5, 0.6) is 0 Å². The number of fused-ring (bicyclic) bond motifs is 8. The summed E-state index contributed by atoms with van der Waals surface area (Å²) in [6, 6.07) is 55.4. The maximum absolute atomic E-state index is 2.44. The first-order chi connectivity index (χ1) is 21.2. The minimum absolute atomic E-state index is 1.17. The fourth-order valence-corrected chi connectivity index (χ4v) is 7.01. The van der Waals surface area contributed by atoms with Crippen LogP contribution >= 0.6 is 0 Å². The van der Waals surface area contributed by atoms with Gasteiger partial charge in [-0.05, 0) is 70.1 Å². The molecule has 202 valence electrons. The lowest BCUT2D eigenvalue weighted by Crippen LogP contribution is -1.94. The topological polar surface area (TPSA) is 9.86 Å². The van der Waals surface area contributed by atoms with Gasteiger partial charge in [0.15, 0.2) is 0 Å². The highest BCUT2D eigenvalue weighted by Crippen LogP contribution is 2.39. The minimum atomic E-state index is 1.17. The van der Waals surface area contributed by atoms with E-state index in [1.807, 2.05) is 0 Å². The Morgan fingerprint density at radius 3 is 1.74 bits per heavy atom. The maximum atomic E-state index is 2.44. The predicted molar refractivity (Wildman–Crippen MR) is 183 cm³/mol. The average Bonchev–Trinajstić information content (AvgIpc) is 3.57. The summed E-state index contributed by atoms with van der Waals surface area (Å²) in [5.41, 5.74) is 11.1. The molecular formula is C41H28N2. The van der Waals surface area contributed by atoms with Crippen LogP contribution in [-0.4, -0.2) is 9.13 Å². The van der Waals surface area contributed by atoms with Gasteiger partial charge in [-0.25, -0.2) is 0 Å². The standard InChI is InChI=1S/C41H28N2/c1-42-38-14-8-7-13-34(38)36-25-30(18-23-39(36)42)31-19-24-40-37(26-31)35-22-17-29-11-5-6-12-33(29)41(35)43(40)32-20-15-28(16-21-32)27-9-3-2-4-10-27/h2-26H,1H3. The third-order valence-corrected chi connectivity index (χ3v) is 9.13. The van der Waals surface area contributed by atoms with Gasteiger partial charge >= 0.3 is 0 Å². The molecule has 0 aliphatic carbocycles. The van der Waals surface area contributed by atoms with Crippen molar-refractivity contribution in [3.05, 3.63) is 152 Å². The summed E-state index contributed by atoms with van der Waals surface area (Å²) in [5.74, 6) is 0. The van der Waals surface area contributed by atoms with Crippen molar-refractivity contribution in [1.29, 1.82) is 0 Å². The first kappa shape index (κ1) is 24.0. The molecule has 0 saturated carbocycles. The molecule has 0 bridgehead atoms. The Bertz CT molecular complexity index is 2490. The lowest BCUT2D eigenvalue weighted by molar-refractivity contribution is 1.01. The van der Waals surface area contributed by atoms with Gasteiger partial charge in [0.05, 0.1) is 11.0 Å². The summed E-state index contributed by atoms with van der Waals surface area (Å²) in [4.78, 5) is 0. The van der Waals surface area contributed by atoms with E-state index in [0.29, 0.717) is 0 Å². The molecule has 0 aliphatic heterocycles. The van der Waals surface area contributed by atoms with E-state index in [0.717, 1.165) is 0 Å². The van der Waals surface area contributed by atoms with E-state index in [4.69, 9.17) is 0 Å². The first-order valence-electron chi connectivity index (χ1n) is 14.8. The Labute approximate surface area is 249 Å². The maximum Gasteiger partial charge on any atom is 0.0619 e. The summed E-state index contributed by atoms with van der Waals surface area (Å²) in [6.45, 7) is 0. The number of benzene rings is 7. The van der Waals surface area contributed by atoms with Gasteiger partial charge in [0.2, 0.25) is 0 Å². The van der Waals surface area contributed by atoms with Gasteiger partial charge in [0.1, 0.15) is 0 Å². The van der Waals surface area contributed by atoms with Gasteiger partial charge in [-0.15, -0.1) is 0 Å². The summed E-state index contributed by atoms with van der Waals surface area (Å²) in [5, 5.41) is 7.65. The molecule has 0 fully saturated rings. The number of rotatable bonds is 3. The van der Waals surface area contributed by atoms with Crippen molar-refractivity contribution in [3.63, 3.8) is 0 Å². The Morgan fingerprint density at radius 1 is 0.372 bits per heavy atom. The Morgan fingerprint density at radius 2 is 0.953 bits per heavy atom. The van der Waals surface area contributed by atoms with E-state index in [-0.39, 0.29) is 0 Å². The predicted octanol–water partition coefficient (Wildman–Crippen LogP) is 10.9. The Kier molecular flexibility index (Phi) is 5.15. The summed E-state index contributed by atoms with van der Waals surface area (Å²) < 4.78 is 4.74. The van der Waals surface area contributed by atoms with Crippen LogP contribution in [0.15, 0.2) is 152 Å². The molecule has 9 rings (SSSR count). The van der Waals surface area contributed by atoms with Crippen LogP contribution in [-0.2, 0) is 7.05 Å². The number of para-hydroxylation sites is 1. The van der Waals surface area contributed by atoms with E-state index in [9.17, 15) is 0 Å². The van der Waals surface area contributed by atoms with Gasteiger partial charge < -0.3 is 9.13 Å². The van der Waals surface area contributed by atoms with Crippen molar-refractivity contribution in [2.45, 2.75) is 0 Å². The quantitative estimate of drug-likeness (QED) is 0.208. The molecule has 2 heterocycles. The number of aryl methyl sites for hydroxylation is 1. The van der Waals surface area contributed by atoms with Crippen molar-refractivity contribution in [3.8, 4) is 27.9 Å². The van der Waals surface area contributed by atoms with Crippen LogP contribution in [0.1, 0.15) is 0 Å². The van der Waals surface area contributed by atoms with Gasteiger partial charge in [0.25, 0.3) is 0 Å². The third-order valence-electron chi connectivity index (χ3n) is 9.13. The summed E-state index contributed by atoms with van der Waals surface area (Å²) in [7, 11) is 2.15. The molecule has 0 radical (unpaired) electrons. The van der Waals surface area contributed by atoms with Gasteiger partial charge in [0, 0.05) is 50.7 Å². The van der Waals surface area contributed by atoms with Gasteiger partial charge in [-0.1, -0.05) is 109 Å². The van der Waals surface area contributed by atoms with Crippen LogP contribution < -0.4 is 0 Å². The van der Waals surface area contributed by atoms with Crippen LogP contribution in [0.2, 0.25) is 0 Å². The molecule has 7 aromatic carbocycles. The molecule has 2 aromatic heterocycles. The van der Waals surface area contributed by atoms with Crippen molar-refractivity contribution in [2.75, 3.05) is 0 Å². The summed E-state index contributed by atoms with van der Waals surface area (Å²) >= 11 is 0. The largest absolute Gasteiger partial charge is 0.344 e. The number of hydrogen-bond donors (Lipinski definition) is 0. The van der Waals surface area contributed by atoms with E-state index >= 15 is 0 Å². The monoisotopic (exact) mass is 548 g/mol. The molecule has 0 aliphatic rings. The third kappa shape index (κ3) is 3.60. The van der Waals surface area contributed by atoms with E-state index in [1.165, 1.54) is 82.3 Å². The van der Waals surface area contributed by atoms with Gasteiger partial charge in [-0.3, -0.25) is 0 Å². The molecule has 0 amide bonds. The second-order valence-electron chi connectivity index (χ2n) is 11.5. The van der Waals surface area contributed by atoms with Crippen molar-refractivity contribution in [1.82, 2.24) is 9.13 Å². The summed E-state index contributed by atoms with van der Waals surface area (Å²) in [6.07, 6.45) is 0. The van der Waals surface area contributed by atoms with E-state index in [1.54, 1.807) is 0 Å². The average molecular weight is 549 g/mol. The molecule has 2 heteroatoms. The lowest BCUT2D eigenvalue weighted by Gasteiger charge is -2.11. The van der Waals surface area contributed by atoms with Gasteiger partial charge in [-0.2, -0.15) is 0 Å². The molecule has 2 nitrogen and oxygen atoms in total. The molecule has 9 aromatic rings. The molecule has 0 unspecified atom stereocenters. The first-order valence-corrected chi connectivity index (χ1v) is 14.8. The SMILES string of the molecule is Cn1c2ccccc2c2cc(-c3ccc4c(c3)c3ccc5ccccc5c3n4-c3ccc(-c4ccccc4)cc3)ccc21. The zero-order chi connectivity index (χ0) is 28.5. The zero-order valence-electron chi connectivity index (χ0n) is 23.8. The second-order valence-corrected chi connectivity index (χ2v) is 11.5. The molecule has 43 heavy (non-hydrogen) atoms. The van der Waals surface area contributed by atoms with E-state index < -0.39 is 0 Å². The zero-order valence-corrected chi connectivity index (χ0v) is 23.8. The fourth-order valence-electron chi connectivity index (χ4n) is 7.01. The molecule has 0 N–H and O–H groups in total. The van der Waals surface area contributed by atoms with Crippen LogP contribution in [0.3, 0.4) is 0 Å². The number of hydrogen-bond acceptors (Lipinski definition) is 0. The minimum Gasteiger partial charge on any atom is -0.344 e. The highest BCUT2D eigenvalue weighted by atomic mass is 15.0. The van der Waals surface area contributed by atoms with Crippen molar-refractivity contribution >= 4 is 54.4 Å². The lowest BCUT2D eigenvalue weighted by atomic mass is 10.00. The van der Waals surface area contributed by atoms with Crippen LogP contribution in [0.4, 0.5) is 0 Å².